The molecular formula is C4H5Br2NO. The van der Waals surface area contributed by atoms with Crippen LogP contribution in [0.4, 0.5) is 0 Å². The molecule has 0 spiro atoms. The van der Waals surface area contributed by atoms with Crippen LogP contribution in [0.5, 0.6) is 0 Å². The SMILES string of the molecule is ON=C1CCC1(Br)Br. The number of alkyl halides is 2. The van der Waals surface area contributed by atoms with E-state index < -0.39 is 0 Å². The second kappa shape index (κ2) is 1.99. The monoisotopic (exact) mass is 241 g/mol. The van der Waals surface area contributed by atoms with Crippen LogP contribution in [0.25, 0.3) is 0 Å². The summed E-state index contributed by atoms with van der Waals surface area (Å²) in [7, 11) is 0. The molecule has 2 nitrogen and oxygen atoms in total. The molecule has 1 rings (SSSR count). The van der Waals surface area contributed by atoms with Gasteiger partial charge in [-0.2, -0.15) is 0 Å². The van der Waals surface area contributed by atoms with Gasteiger partial charge < -0.3 is 5.21 Å². The first kappa shape index (κ1) is 6.55. The number of hydrogen-bond acceptors (Lipinski definition) is 2. The summed E-state index contributed by atoms with van der Waals surface area (Å²) >= 11 is 6.63. The third-order valence-corrected chi connectivity index (χ3v) is 2.93. The Morgan fingerprint density at radius 2 is 2.25 bits per heavy atom. The maximum absolute atomic E-state index is 8.25. The summed E-state index contributed by atoms with van der Waals surface area (Å²) in [5, 5.41) is 11.3. The molecule has 1 saturated carbocycles. The molecule has 0 saturated heterocycles. The zero-order valence-electron chi connectivity index (χ0n) is 4.06. The van der Waals surface area contributed by atoms with Crippen LogP contribution in [0.15, 0.2) is 5.16 Å². The van der Waals surface area contributed by atoms with Gasteiger partial charge in [0.05, 0.1) is 5.71 Å². The first-order chi connectivity index (χ1) is 3.67. The molecule has 4 heteroatoms. The molecule has 8 heavy (non-hydrogen) atoms. The first-order valence-electron chi connectivity index (χ1n) is 2.26. The minimum Gasteiger partial charge on any atom is -0.411 e. The van der Waals surface area contributed by atoms with Crippen LogP contribution in [0.1, 0.15) is 12.8 Å². The van der Waals surface area contributed by atoms with Gasteiger partial charge in [-0.05, 0) is 12.8 Å². The summed E-state index contributed by atoms with van der Waals surface area (Å²) in [6, 6.07) is 0. The highest BCUT2D eigenvalue weighted by atomic mass is 79.9. The summed E-state index contributed by atoms with van der Waals surface area (Å²) in [5.74, 6) is 0. The molecule has 0 heterocycles. The molecule has 1 N–H and O–H groups in total. The lowest BCUT2D eigenvalue weighted by atomic mass is 9.97. The minimum atomic E-state index is -0.186. The normalized spacial score (nSPS) is 30.0. The molecule has 1 aliphatic rings. The van der Waals surface area contributed by atoms with E-state index in [9.17, 15) is 0 Å². The molecule has 0 bridgehead atoms. The van der Waals surface area contributed by atoms with E-state index in [-0.39, 0.29) is 3.23 Å². The fourth-order valence-corrected chi connectivity index (χ4v) is 1.50. The Bertz CT molecular complexity index is 132. The van der Waals surface area contributed by atoms with Crippen molar-refractivity contribution in [3.05, 3.63) is 0 Å². The zero-order chi connectivity index (χ0) is 6.20. The lowest BCUT2D eigenvalue weighted by Crippen LogP contribution is -2.35. The van der Waals surface area contributed by atoms with Crippen molar-refractivity contribution < 1.29 is 5.21 Å². The van der Waals surface area contributed by atoms with Crippen molar-refractivity contribution in [3.63, 3.8) is 0 Å². The number of halogens is 2. The summed E-state index contributed by atoms with van der Waals surface area (Å²) in [6.45, 7) is 0. The molecule has 0 aromatic carbocycles. The second-order valence-electron chi connectivity index (χ2n) is 1.75. The Morgan fingerprint density at radius 3 is 2.25 bits per heavy atom. The standard InChI is InChI=1S/C4H5Br2NO/c5-4(6)2-1-3(4)7-8/h8H,1-2H2. The Labute approximate surface area is 64.2 Å². The molecule has 0 atom stereocenters. The van der Waals surface area contributed by atoms with Gasteiger partial charge in [0.15, 0.2) is 0 Å². The van der Waals surface area contributed by atoms with E-state index in [2.05, 4.69) is 37.0 Å². The van der Waals surface area contributed by atoms with Gasteiger partial charge in [-0.25, -0.2) is 0 Å². The van der Waals surface area contributed by atoms with E-state index in [1.54, 1.807) is 0 Å². The summed E-state index contributed by atoms with van der Waals surface area (Å²) < 4.78 is -0.186. The van der Waals surface area contributed by atoms with Gasteiger partial charge in [0, 0.05) is 0 Å². The molecule has 46 valence electrons. The highest BCUT2D eigenvalue weighted by Crippen LogP contribution is 2.42. The molecule has 0 aromatic heterocycles. The Morgan fingerprint density at radius 1 is 1.62 bits per heavy atom. The first-order valence-corrected chi connectivity index (χ1v) is 3.84. The molecule has 0 radical (unpaired) electrons. The van der Waals surface area contributed by atoms with Crippen molar-refractivity contribution in [1.29, 1.82) is 0 Å². The van der Waals surface area contributed by atoms with Crippen LogP contribution in [0.2, 0.25) is 0 Å². The maximum atomic E-state index is 8.25. The maximum Gasteiger partial charge on any atom is 0.122 e. The predicted octanol–water partition coefficient (Wildman–Crippen LogP) is 2.10. The smallest absolute Gasteiger partial charge is 0.122 e. The van der Waals surface area contributed by atoms with Crippen LogP contribution in [0, 0.1) is 0 Å². The number of rotatable bonds is 0. The molecule has 0 unspecified atom stereocenters. The number of nitrogens with zero attached hydrogens (tertiary/aromatic N) is 1. The van der Waals surface area contributed by atoms with Crippen LogP contribution >= 0.6 is 31.9 Å². The molecule has 0 aliphatic heterocycles. The van der Waals surface area contributed by atoms with Crippen LogP contribution in [-0.2, 0) is 0 Å². The van der Waals surface area contributed by atoms with Crippen LogP contribution in [-0.4, -0.2) is 14.2 Å². The Hall–Kier alpha value is 0.430. The predicted molar refractivity (Wildman–Crippen MR) is 39.0 cm³/mol. The van der Waals surface area contributed by atoms with Gasteiger partial charge in [0.25, 0.3) is 0 Å². The van der Waals surface area contributed by atoms with Gasteiger partial charge in [-0.3, -0.25) is 0 Å². The van der Waals surface area contributed by atoms with Gasteiger partial charge in [-0.15, -0.1) is 0 Å². The number of oxime groups is 1. The average molecular weight is 243 g/mol. The van der Waals surface area contributed by atoms with E-state index in [1.165, 1.54) is 0 Å². The molecular weight excluding hydrogens is 238 g/mol. The van der Waals surface area contributed by atoms with Crippen molar-refractivity contribution >= 4 is 37.6 Å². The van der Waals surface area contributed by atoms with E-state index in [1.807, 2.05) is 0 Å². The van der Waals surface area contributed by atoms with Gasteiger partial charge in [-0.1, -0.05) is 37.0 Å². The Balaban J connectivity index is 2.63. The van der Waals surface area contributed by atoms with Crippen molar-refractivity contribution in [3.8, 4) is 0 Å². The van der Waals surface area contributed by atoms with Crippen LogP contribution in [0.3, 0.4) is 0 Å². The fourth-order valence-electron chi connectivity index (χ4n) is 0.549. The summed E-state index contributed by atoms with van der Waals surface area (Å²) in [6.07, 6.45) is 1.87. The van der Waals surface area contributed by atoms with E-state index in [4.69, 9.17) is 5.21 Å². The van der Waals surface area contributed by atoms with Crippen molar-refractivity contribution in [2.45, 2.75) is 16.1 Å². The van der Waals surface area contributed by atoms with Gasteiger partial charge in [0.2, 0.25) is 0 Å². The summed E-state index contributed by atoms with van der Waals surface area (Å²) in [4.78, 5) is 0. The van der Waals surface area contributed by atoms with Crippen molar-refractivity contribution in [1.82, 2.24) is 0 Å². The molecule has 1 fully saturated rings. The summed E-state index contributed by atoms with van der Waals surface area (Å²) in [5.41, 5.74) is 0.775. The lowest BCUT2D eigenvalue weighted by Gasteiger charge is -2.30. The van der Waals surface area contributed by atoms with Crippen LogP contribution < -0.4 is 0 Å². The van der Waals surface area contributed by atoms with Crippen molar-refractivity contribution in [2.24, 2.45) is 5.16 Å². The Kier molecular flexibility index (Phi) is 1.63. The van der Waals surface area contributed by atoms with E-state index in [0.717, 1.165) is 18.6 Å². The minimum absolute atomic E-state index is 0.186. The van der Waals surface area contributed by atoms with Gasteiger partial charge in [0.1, 0.15) is 3.23 Å². The molecule has 0 amide bonds. The second-order valence-corrected chi connectivity index (χ2v) is 5.52. The quantitative estimate of drug-likeness (QED) is 0.394. The highest BCUT2D eigenvalue weighted by molar-refractivity contribution is 9.26. The number of hydrogen-bond donors (Lipinski definition) is 1. The lowest BCUT2D eigenvalue weighted by molar-refractivity contribution is 0.313. The highest BCUT2D eigenvalue weighted by Gasteiger charge is 2.39. The van der Waals surface area contributed by atoms with E-state index in [0.29, 0.717) is 0 Å². The molecule has 0 aromatic rings. The third kappa shape index (κ3) is 0.910. The third-order valence-electron chi connectivity index (χ3n) is 1.22. The average Bonchev–Trinajstić information content (AvgIpc) is 1.66. The van der Waals surface area contributed by atoms with Crippen molar-refractivity contribution in [2.75, 3.05) is 0 Å². The zero-order valence-corrected chi connectivity index (χ0v) is 7.24. The van der Waals surface area contributed by atoms with Gasteiger partial charge >= 0.3 is 0 Å². The largest absolute Gasteiger partial charge is 0.411 e. The topological polar surface area (TPSA) is 32.6 Å². The fraction of sp³-hybridized carbons (Fsp3) is 0.750. The molecule has 1 aliphatic carbocycles. The van der Waals surface area contributed by atoms with E-state index >= 15 is 0 Å².